The van der Waals surface area contributed by atoms with Gasteiger partial charge in [-0.05, 0) is 32.1 Å². The number of nitrogens with one attached hydrogen (secondary N) is 3. The second kappa shape index (κ2) is 29.5. The van der Waals surface area contributed by atoms with E-state index < -0.39 is 12.1 Å². The topological polar surface area (TPSA) is 121 Å². The van der Waals surface area contributed by atoms with Gasteiger partial charge in [-0.25, -0.2) is 0 Å². The third-order valence-corrected chi connectivity index (χ3v) is 8.11. The highest BCUT2D eigenvalue weighted by Gasteiger charge is 2.25. The molecule has 2 unspecified atom stereocenters. The zero-order valence-corrected chi connectivity index (χ0v) is 28.9. The number of hydrogen-bond acceptors (Lipinski definition) is 5. The average molecular weight is 622 g/mol. The Labute approximate surface area is 269 Å². The maximum absolute atomic E-state index is 13.2. The molecular weight excluding hydrogens is 554 g/mol. The summed E-state index contributed by atoms with van der Waals surface area (Å²) in [6, 6.07) is -1.39. The fraction of sp³-hybridized carbons (Fsp3) is 0.861. The standard InChI is InChI=1S/C36H67N3O5/c1-5-9-13-14-15-16-17-18-21-24-34(42)38-30(28-35(43)37-27-12-8-4)29-36(44)39-32(33(41)23-20-11-7-3)26-25-31(40)22-19-10-6-2/h30,32H,5-29H2,1-4H3,(H,37,43)(H,38,42)(H,39,44). The maximum Gasteiger partial charge on any atom is 0.222 e. The molecule has 8 heteroatoms. The zero-order chi connectivity index (χ0) is 32.8. The van der Waals surface area contributed by atoms with Gasteiger partial charge in [-0.1, -0.05) is 111 Å². The molecule has 0 rings (SSSR count). The predicted octanol–water partition coefficient (Wildman–Crippen LogP) is 7.65. The molecule has 0 aliphatic carbocycles. The molecule has 0 radical (unpaired) electrons. The van der Waals surface area contributed by atoms with Gasteiger partial charge in [0.25, 0.3) is 0 Å². The number of rotatable bonds is 31. The first kappa shape index (κ1) is 41.8. The van der Waals surface area contributed by atoms with Gasteiger partial charge in [-0.3, -0.25) is 24.0 Å². The van der Waals surface area contributed by atoms with E-state index in [1.165, 1.54) is 38.5 Å². The van der Waals surface area contributed by atoms with Crippen molar-refractivity contribution in [3.63, 3.8) is 0 Å². The van der Waals surface area contributed by atoms with Crippen molar-refractivity contribution in [1.82, 2.24) is 16.0 Å². The lowest BCUT2D eigenvalue weighted by Gasteiger charge is -2.21. The summed E-state index contributed by atoms with van der Waals surface area (Å²) in [7, 11) is 0. The van der Waals surface area contributed by atoms with Crippen molar-refractivity contribution in [2.24, 2.45) is 0 Å². The largest absolute Gasteiger partial charge is 0.356 e. The molecule has 2 atom stereocenters. The van der Waals surface area contributed by atoms with Gasteiger partial charge < -0.3 is 16.0 Å². The number of carbonyl (C=O) groups excluding carboxylic acids is 5. The summed E-state index contributed by atoms with van der Waals surface area (Å²) in [6.45, 7) is 8.98. The van der Waals surface area contributed by atoms with Crippen LogP contribution >= 0.6 is 0 Å². The molecule has 8 nitrogen and oxygen atoms in total. The number of unbranched alkanes of at least 4 members (excludes halogenated alkanes) is 13. The van der Waals surface area contributed by atoms with Crippen molar-refractivity contribution in [2.75, 3.05) is 6.54 Å². The molecule has 0 spiro atoms. The first-order chi connectivity index (χ1) is 21.3. The SMILES string of the molecule is CCCCCCCCCCCC(=O)NC(CC(=O)NCCCC)CC(=O)NC(CCC(=O)CCCCC)C(=O)CCCCC. The smallest absolute Gasteiger partial charge is 0.222 e. The molecule has 0 aliphatic rings. The Bertz CT molecular complexity index is 786. The van der Waals surface area contributed by atoms with Crippen LogP contribution in [0.15, 0.2) is 0 Å². The molecule has 256 valence electrons. The maximum atomic E-state index is 13.2. The Balaban J connectivity index is 5.09. The fourth-order valence-corrected chi connectivity index (χ4v) is 5.29. The van der Waals surface area contributed by atoms with Crippen molar-refractivity contribution in [2.45, 2.75) is 194 Å². The van der Waals surface area contributed by atoms with E-state index in [0.717, 1.165) is 70.6 Å². The molecule has 0 saturated heterocycles. The first-order valence-electron chi connectivity index (χ1n) is 18.2. The van der Waals surface area contributed by atoms with Crippen LogP contribution in [0.1, 0.15) is 182 Å². The van der Waals surface area contributed by atoms with Gasteiger partial charge in [0.2, 0.25) is 17.7 Å². The second-order valence-electron chi connectivity index (χ2n) is 12.5. The number of carbonyl (C=O) groups is 5. The molecule has 3 amide bonds. The number of Topliss-reactive ketones (excluding diaryl/α,β-unsaturated/α-hetero) is 2. The highest BCUT2D eigenvalue weighted by Crippen LogP contribution is 2.13. The van der Waals surface area contributed by atoms with E-state index in [1.807, 2.05) is 6.92 Å². The monoisotopic (exact) mass is 622 g/mol. The van der Waals surface area contributed by atoms with E-state index in [0.29, 0.717) is 25.8 Å². The first-order valence-corrected chi connectivity index (χ1v) is 18.2. The van der Waals surface area contributed by atoms with Crippen LogP contribution in [-0.2, 0) is 24.0 Å². The van der Waals surface area contributed by atoms with Gasteiger partial charge in [-0.15, -0.1) is 0 Å². The van der Waals surface area contributed by atoms with E-state index in [1.54, 1.807) is 0 Å². The van der Waals surface area contributed by atoms with Crippen molar-refractivity contribution < 1.29 is 24.0 Å². The van der Waals surface area contributed by atoms with Gasteiger partial charge in [0.1, 0.15) is 5.78 Å². The van der Waals surface area contributed by atoms with Gasteiger partial charge in [0.05, 0.1) is 6.04 Å². The molecule has 3 N–H and O–H groups in total. The zero-order valence-electron chi connectivity index (χ0n) is 28.9. The Morgan fingerprint density at radius 2 is 0.977 bits per heavy atom. The van der Waals surface area contributed by atoms with Crippen LogP contribution in [0.2, 0.25) is 0 Å². The van der Waals surface area contributed by atoms with Crippen LogP contribution in [0, 0.1) is 0 Å². The summed E-state index contributed by atoms with van der Waals surface area (Å²) in [5.41, 5.74) is 0. The van der Waals surface area contributed by atoms with E-state index in [-0.39, 0.29) is 55.0 Å². The van der Waals surface area contributed by atoms with Crippen LogP contribution in [0.5, 0.6) is 0 Å². The van der Waals surface area contributed by atoms with Crippen molar-refractivity contribution in [1.29, 1.82) is 0 Å². The minimum Gasteiger partial charge on any atom is -0.356 e. The van der Waals surface area contributed by atoms with Crippen LogP contribution in [0.4, 0.5) is 0 Å². The van der Waals surface area contributed by atoms with Crippen LogP contribution in [-0.4, -0.2) is 47.9 Å². The highest BCUT2D eigenvalue weighted by atomic mass is 16.2. The van der Waals surface area contributed by atoms with E-state index in [9.17, 15) is 24.0 Å². The molecule has 0 bridgehead atoms. The Morgan fingerprint density at radius 1 is 0.477 bits per heavy atom. The lowest BCUT2D eigenvalue weighted by Crippen LogP contribution is -2.46. The summed E-state index contributed by atoms with van der Waals surface area (Å²) < 4.78 is 0. The summed E-state index contributed by atoms with van der Waals surface area (Å²) in [6.07, 6.45) is 19.5. The minimum absolute atomic E-state index is 0.00562. The average Bonchev–Trinajstić information content (AvgIpc) is 2.98. The summed E-state index contributed by atoms with van der Waals surface area (Å²) in [4.78, 5) is 64.0. The lowest BCUT2D eigenvalue weighted by atomic mass is 9.98. The number of hydrogen-bond donors (Lipinski definition) is 3. The molecule has 0 fully saturated rings. The van der Waals surface area contributed by atoms with Gasteiger partial charge in [-0.2, -0.15) is 0 Å². The molecule has 0 heterocycles. The highest BCUT2D eigenvalue weighted by molar-refractivity contribution is 5.90. The third-order valence-electron chi connectivity index (χ3n) is 8.11. The van der Waals surface area contributed by atoms with E-state index >= 15 is 0 Å². The normalized spacial score (nSPS) is 12.4. The quantitative estimate of drug-likeness (QED) is 0.0687. The number of amides is 3. The van der Waals surface area contributed by atoms with E-state index in [4.69, 9.17) is 0 Å². The minimum atomic E-state index is -0.730. The summed E-state index contributed by atoms with van der Waals surface area (Å²) in [5, 5.41) is 8.65. The molecule has 0 aromatic rings. The molecule has 44 heavy (non-hydrogen) atoms. The van der Waals surface area contributed by atoms with Gasteiger partial charge in [0.15, 0.2) is 5.78 Å². The van der Waals surface area contributed by atoms with Gasteiger partial charge >= 0.3 is 0 Å². The summed E-state index contributed by atoms with van der Waals surface area (Å²) in [5.74, 6) is -0.686. The van der Waals surface area contributed by atoms with Crippen LogP contribution in [0.25, 0.3) is 0 Å². The Kier molecular flexibility index (Phi) is 28.0. The Morgan fingerprint density at radius 3 is 1.59 bits per heavy atom. The fourth-order valence-electron chi connectivity index (χ4n) is 5.29. The molecule has 0 aromatic carbocycles. The predicted molar refractivity (Wildman–Crippen MR) is 180 cm³/mol. The molecule has 0 aromatic heterocycles. The van der Waals surface area contributed by atoms with E-state index in [2.05, 4.69) is 36.7 Å². The van der Waals surface area contributed by atoms with Crippen molar-refractivity contribution >= 4 is 29.3 Å². The van der Waals surface area contributed by atoms with Gasteiger partial charge in [0, 0.05) is 51.1 Å². The molecular formula is C36H67N3O5. The number of ketones is 2. The van der Waals surface area contributed by atoms with Crippen molar-refractivity contribution in [3.05, 3.63) is 0 Å². The van der Waals surface area contributed by atoms with Crippen LogP contribution < -0.4 is 16.0 Å². The molecule has 0 aliphatic heterocycles. The molecule has 0 saturated carbocycles. The van der Waals surface area contributed by atoms with Crippen LogP contribution in [0.3, 0.4) is 0 Å². The Hall–Kier alpha value is -2.25. The second-order valence-corrected chi connectivity index (χ2v) is 12.5. The third kappa shape index (κ3) is 25.1. The van der Waals surface area contributed by atoms with Crippen molar-refractivity contribution in [3.8, 4) is 0 Å². The summed E-state index contributed by atoms with van der Waals surface area (Å²) >= 11 is 0. The lowest BCUT2D eigenvalue weighted by molar-refractivity contribution is -0.130.